The minimum atomic E-state index is 0.923. The van der Waals surface area contributed by atoms with Crippen molar-refractivity contribution in [2.75, 3.05) is 0 Å². The first-order chi connectivity index (χ1) is 11.3. The topological polar surface area (TPSA) is 0 Å². The van der Waals surface area contributed by atoms with Gasteiger partial charge in [0.2, 0.25) is 0 Å². The lowest BCUT2D eigenvalue weighted by Crippen LogP contribution is -2.15. The van der Waals surface area contributed by atoms with E-state index < -0.39 is 0 Å². The molecule has 1 saturated carbocycles. The van der Waals surface area contributed by atoms with E-state index in [1.807, 2.05) is 0 Å². The zero-order valence-electron chi connectivity index (χ0n) is 15.8. The Hall–Kier alpha value is -0.780. The van der Waals surface area contributed by atoms with Crippen molar-refractivity contribution in [2.24, 2.45) is 17.8 Å². The molecule has 3 atom stereocenters. The summed E-state index contributed by atoms with van der Waals surface area (Å²) in [5.74, 6) is 2.92. The summed E-state index contributed by atoms with van der Waals surface area (Å²) in [4.78, 5) is 0. The van der Waals surface area contributed by atoms with E-state index in [9.17, 15) is 0 Å². The summed E-state index contributed by atoms with van der Waals surface area (Å²) in [6.07, 6.45) is 24.7. The van der Waals surface area contributed by atoms with Gasteiger partial charge in [-0.1, -0.05) is 101 Å². The molecule has 0 aromatic carbocycles. The van der Waals surface area contributed by atoms with Crippen LogP contribution in [0.3, 0.4) is 0 Å². The van der Waals surface area contributed by atoms with E-state index in [1.165, 1.54) is 69.8 Å². The van der Waals surface area contributed by atoms with Gasteiger partial charge in [-0.3, -0.25) is 0 Å². The smallest absolute Gasteiger partial charge is 0.0130 e. The minimum absolute atomic E-state index is 0.923. The van der Waals surface area contributed by atoms with Crippen LogP contribution in [0.1, 0.15) is 91.4 Å². The van der Waals surface area contributed by atoms with Crippen LogP contribution in [-0.4, -0.2) is 0 Å². The molecule has 0 heterocycles. The Balaban J connectivity index is 1.97. The van der Waals surface area contributed by atoms with Crippen LogP contribution in [0.4, 0.5) is 0 Å². The molecule has 2 unspecified atom stereocenters. The van der Waals surface area contributed by atoms with Gasteiger partial charge >= 0.3 is 0 Å². The highest BCUT2D eigenvalue weighted by Crippen LogP contribution is 2.38. The Kier molecular flexibility index (Phi) is 8.20. The summed E-state index contributed by atoms with van der Waals surface area (Å²) >= 11 is 0. The Morgan fingerprint density at radius 3 is 2.70 bits per heavy atom. The predicted molar refractivity (Wildman–Crippen MR) is 104 cm³/mol. The summed E-state index contributed by atoms with van der Waals surface area (Å²) < 4.78 is 0. The van der Waals surface area contributed by atoms with Crippen molar-refractivity contribution >= 4 is 0 Å². The molecule has 0 aliphatic heterocycles. The molecule has 2 rings (SSSR count). The van der Waals surface area contributed by atoms with Gasteiger partial charge in [0.25, 0.3) is 0 Å². The molecule has 2 aliphatic carbocycles. The van der Waals surface area contributed by atoms with Crippen molar-refractivity contribution in [1.82, 2.24) is 0 Å². The Morgan fingerprint density at radius 2 is 1.96 bits per heavy atom. The third-order valence-electron chi connectivity index (χ3n) is 6.24. The number of rotatable bonds is 7. The van der Waals surface area contributed by atoms with E-state index >= 15 is 0 Å². The van der Waals surface area contributed by atoms with Gasteiger partial charge in [0.1, 0.15) is 0 Å². The lowest BCUT2D eigenvalue weighted by molar-refractivity contribution is 0.272. The summed E-state index contributed by atoms with van der Waals surface area (Å²) in [6.45, 7) is 7.01. The van der Waals surface area contributed by atoms with Crippen LogP contribution in [0.5, 0.6) is 0 Å². The highest BCUT2D eigenvalue weighted by Gasteiger charge is 2.25. The lowest BCUT2D eigenvalue weighted by atomic mass is 9.78. The van der Waals surface area contributed by atoms with E-state index in [1.54, 1.807) is 5.57 Å². The molecule has 0 N–H and O–H groups in total. The van der Waals surface area contributed by atoms with Crippen LogP contribution >= 0.6 is 0 Å². The first-order valence-electron chi connectivity index (χ1n) is 10.3. The van der Waals surface area contributed by atoms with E-state index in [0.717, 1.165) is 24.2 Å². The minimum Gasteiger partial charge on any atom is -0.0773 e. The maximum absolute atomic E-state index is 2.46. The molecule has 0 spiro atoms. The van der Waals surface area contributed by atoms with Gasteiger partial charge in [0.05, 0.1) is 0 Å². The zero-order chi connectivity index (χ0) is 16.5. The van der Waals surface area contributed by atoms with Gasteiger partial charge in [0, 0.05) is 0 Å². The van der Waals surface area contributed by atoms with Gasteiger partial charge in [-0.15, -0.1) is 0 Å². The summed E-state index contributed by atoms with van der Waals surface area (Å²) in [5, 5.41) is 0. The zero-order valence-corrected chi connectivity index (χ0v) is 15.8. The molecule has 0 radical (unpaired) electrons. The molecule has 130 valence electrons. The van der Waals surface area contributed by atoms with Crippen LogP contribution in [0, 0.1) is 17.8 Å². The average Bonchev–Trinajstić information content (AvgIpc) is 2.94. The lowest BCUT2D eigenvalue weighted by Gasteiger charge is -2.27. The van der Waals surface area contributed by atoms with Crippen LogP contribution < -0.4 is 0 Å². The standard InChI is InChI=1S/C23H38/c1-4-9-23(22-13-8-11-20(6-3)16-17-22)18-21-12-7-10-19(5-2)14-15-21/h7,10,12,14,20,22-23H,4-6,8-9,11,13,15-18H2,1-3H3/t20?,22?,23-/m0/s1. The fraction of sp³-hybridized carbons (Fsp3) is 0.739. The normalized spacial score (nSPS) is 26.9. The number of hydrogen-bond donors (Lipinski definition) is 0. The van der Waals surface area contributed by atoms with Gasteiger partial charge < -0.3 is 0 Å². The molecule has 2 aliphatic rings. The van der Waals surface area contributed by atoms with E-state index in [2.05, 4.69) is 45.1 Å². The molecule has 0 heteroatoms. The molecule has 0 saturated heterocycles. The fourth-order valence-corrected chi connectivity index (χ4v) is 4.62. The van der Waals surface area contributed by atoms with Gasteiger partial charge in [0.15, 0.2) is 0 Å². The van der Waals surface area contributed by atoms with E-state index in [-0.39, 0.29) is 0 Å². The third kappa shape index (κ3) is 5.98. The summed E-state index contributed by atoms with van der Waals surface area (Å²) in [7, 11) is 0. The second-order valence-electron chi connectivity index (χ2n) is 7.82. The average molecular weight is 315 g/mol. The molecule has 0 nitrogen and oxygen atoms in total. The molecular weight excluding hydrogens is 276 g/mol. The van der Waals surface area contributed by atoms with Crippen LogP contribution in [0.25, 0.3) is 0 Å². The van der Waals surface area contributed by atoms with Gasteiger partial charge in [-0.05, 0) is 43.4 Å². The van der Waals surface area contributed by atoms with Crippen LogP contribution in [0.2, 0.25) is 0 Å². The first kappa shape index (κ1) is 18.6. The molecule has 0 amide bonds. The quantitative estimate of drug-likeness (QED) is 0.424. The first-order valence-corrected chi connectivity index (χ1v) is 10.3. The molecule has 23 heavy (non-hydrogen) atoms. The Morgan fingerprint density at radius 1 is 1.09 bits per heavy atom. The predicted octanol–water partition coefficient (Wildman–Crippen LogP) is 7.62. The van der Waals surface area contributed by atoms with Crippen molar-refractivity contribution in [3.05, 3.63) is 35.5 Å². The van der Waals surface area contributed by atoms with Crippen molar-refractivity contribution in [2.45, 2.75) is 91.4 Å². The maximum Gasteiger partial charge on any atom is -0.0130 e. The van der Waals surface area contributed by atoms with Crippen molar-refractivity contribution in [3.8, 4) is 0 Å². The summed E-state index contributed by atoms with van der Waals surface area (Å²) in [6, 6.07) is 0. The fourth-order valence-electron chi connectivity index (χ4n) is 4.62. The highest BCUT2D eigenvalue weighted by molar-refractivity contribution is 5.30. The highest BCUT2D eigenvalue weighted by atomic mass is 14.3. The SMILES string of the molecule is CCC[C@@H](CC1=CC=CC(CC)=CC1)C1CCCC(CC)CC1. The summed E-state index contributed by atoms with van der Waals surface area (Å²) in [5.41, 5.74) is 3.17. The van der Waals surface area contributed by atoms with Crippen molar-refractivity contribution in [1.29, 1.82) is 0 Å². The van der Waals surface area contributed by atoms with Crippen molar-refractivity contribution in [3.63, 3.8) is 0 Å². The third-order valence-corrected chi connectivity index (χ3v) is 6.24. The monoisotopic (exact) mass is 314 g/mol. The molecule has 0 aromatic heterocycles. The Labute approximate surface area is 145 Å². The molecule has 0 aromatic rings. The second-order valence-corrected chi connectivity index (χ2v) is 7.82. The number of allylic oxidation sites excluding steroid dienone is 6. The van der Waals surface area contributed by atoms with Gasteiger partial charge in [-0.2, -0.15) is 0 Å². The second kappa shape index (κ2) is 10.2. The van der Waals surface area contributed by atoms with Crippen LogP contribution in [-0.2, 0) is 0 Å². The van der Waals surface area contributed by atoms with E-state index in [0.29, 0.717) is 0 Å². The van der Waals surface area contributed by atoms with Crippen molar-refractivity contribution < 1.29 is 0 Å². The molecule has 0 bridgehead atoms. The van der Waals surface area contributed by atoms with Gasteiger partial charge in [-0.25, -0.2) is 0 Å². The van der Waals surface area contributed by atoms with E-state index in [4.69, 9.17) is 0 Å². The largest absolute Gasteiger partial charge is 0.0773 e. The molecule has 1 fully saturated rings. The molecular formula is C23H38. The number of hydrogen-bond acceptors (Lipinski definition) is 0. The Bertz CT molecular complexity index is 423. The maximum atomic E-state index is 2.46. The van der Waals surface area contributed by atoms with Crippen LogP contribution in [0.15, 0.2) is 35.5 Å².